The summed E-state index contributed by atoms with van der Waals surface area (Å²) in [6.45, 7) is 0.823. The van der Waals surface area contributed by atoms with E-state index in [-0.39, 0.29) is 18.3 Å². The standard InChI is InChI=1S/C22H27NO5/c1-26-19-10-9-18(15-20(19)27-2)11-13-23(14-12-22(25)28-3)21(24)16-17-7-5-4-6-8-17/h4-10,15H,11-14,16H2,1-3H3. The van der Waals surface area contributed by atoms with Gasteiger partial charge in [0.1, 0.15) is 0 Å². The van der Waals surface area contributed by atoms with Gasteiger partial charge in [-0.05, 0) is 29.7 Å². The number of amides is 1. The molecule has 0 aromatic heterocycles. The largest absolute Gasteiger partial charge is 0.493 e. The number of hydrogen-bond donors (Lipinski definition) is 0. The number of carbonyl (C=O) groups excluding carboxylic acids is 2. The Bertz CT molecular complexity index is 776. The van der Waals surface area contributed by atoms with Gasteiger partial charge in [-0.2, -0.15) is 0 Å². The molecule has 1 amide bonds. The van der Waals surface area contributed by atoms with E-state index in [9.17, 15) is 9.59 Å². The second-order valence-electron chi connectivity index (χ2n) is 6.31. The molecule has 6 heteroatoms. The number of methoxy groups -OCH3 is 3. The number of esters is 1. The Labute approximate surface area is 166 Å². The predicted molar refractivity (Wildman–Crippen MR) is 107 cm³/mol. The number of rotatable bonds is 10. The Kier molecular flexibility index (Phi) is 8.34. The first-order valence-corrected chi connectivity index (χ1v) is 9.16. The minimum atomic E-state index is -0.330. The molecule has 0 aliphatic heterocycles. The van der Waals surface area contributed by atoms with Crippen molar-refractivity contribution < 1.29 is 23.8 Å². The predicted octanol–water partition coefficient (Wildman–Crippen LogP) is 2.88. The maximum atomic E-state index is 12.8. The van der Waals surface area contributed by atoms with E-state index in [4.69, 9.17) is 14.2 Å². The van der Waals surface area contributed by atoms with E-state index >= 15 is 0 Å². The molecule has 150 valence electrons. The summed E-state index contributed by atoms with van der Waals surface area (Å²) >= 11 is 0. The van der Waals surface area contributed by atoms with Crippen LogP contribution in [-0.2, 0) is 27.2 Å². The van der Waals surface area contributed by atoms with Crippen LogP contribution in [0.3, 0.4) is 0 Å². The lowest BCUT2D eigenvalue weighted by Gasteiger charge is -2.23. The fourth-order valence-corrected chi connectivity index (χ4v) is 2.87. The number of benzene rings is 2. The summed E-state index contributed by atoms with van der Waals surface area (Å²) in [4.78, 5) is 26.0. The van der Waals surface area contributed by atoms with Crippen molar-refractivity contribution in [3.05, 3.63) is 59.7 Å². The first-order valence-electron chi connectivity index (χ1n) is 9.16. The zero-order chi connectivity index (χ0) is 20.4. The van der Waals surface area contributed by atoms with Crippen LogP contribution >= 0.6 is 0 Å². The summed E-state index contributed by atoms with van der Waals surface area (Å²) in [6.07, 6.45) is 1.11. The van der Waals surface area contributed by atoms with Gasteiger partial charge in [-0.1, -0.05) is 36.4 Å². The number of hydrogen-bond acceptors (Lipinski definition) is 5. The molecule has 6 nitrogen and oxygen atoms in total. The summed E-state index contributed by atoms with van der Waals surface area (Å²) in [5, 5.41) is 0. The van der Waals surface area contributed by atoms with E-state index in [1.165, 1.54) is 7.11 Å². The van der Waals surface area contributed by atoms with Crippen LogP contribution in [0.4, 0.5) is 0 Å². The van der Waals surface area contributed by atoms with Crippen LogP contribution in [0.15, 0.2) is 48.5 Å². The van der Waals surface area contributed by atoms with Crippen LogP contribution < -0.4 is 9.47 Å². The van der Waals surface area contributed by atoms with Gasteiger partial charge in [0, 0.05) is 13.1 Å². The van der Waals surface area contributed by atoms with Gasteiger partial charge in [-0.15, -0.1) is 0 Å². The van der Waals surface area contributed by atoms with Crippen molar-refractivity contribution in [1.29, 1.82) is 0 Å². The quantitative estimate of drug-likeness (QED) is 0.589. The molecule has 0 aliphatic rings. The molecule has 2 aromatic carbocycles. The lowest BCUT2D eigenvalue weighted by Crippen LogP contribution is -2.36. The highest BCUT2D eigenvalue weighted by Crippen LogP contribution is 2.27. The molecule has 0 atom stereocenters. The van der Waals surface area contributed by atoms with Crippen molar-refractivity contribution in [1.82, 2.24) is 4.90 Å². The van der Waals surface area contributed by atoms with E-state index in [1.54, 1.807) is 19.1 Å². The van der Waals surface area contributed by atoms with Crippen molar-refractivity contribution in [3.8, 4) is 11.5 Å². The molecule has 28 heavy (non-hydrogen) atoms. The van der Waals surface area contributed by atoms with E-state index in [2.05, 4.69) is 0 Å². The molecule has 0 aliphatic carbocycles. The van der Waals surface area contributed by atoms with Crippen LogP contribution in [0, 0.1) is 0 Å². The summed E-state index contributed by atoms with van der Waals surface area (Å²) in [5.41, 5.74) is 1.97. The summed E-state index contributed by atoms with van der Waals surface area (Å²) in [5.74, 6) is 0.963. The average Bonchev–Trinajstić information content (AvgIpc) is 2.73. The van der Waals surface area contributed by atoms with Gasteiger partial charge in [0.15, 0.2) is 11.5 Å². The van der Waals surface area contributed by atoms with Crippen LogP contribution in [0.2, 0.25) is 0 Å². The van der Waals surface area contributed by atoms with Crippen LogP contribution in [-0.4, -0.2) is 51.2 Å². The third kappa shape index (κ3) is 6.30. The first-order chi connectivity index (χ1) is 13.6. The molecule has 0 saturated heterocycles. The van der Waals surface area contributed by atoms with Gasteiger partial charge < -0.3 is 19.1 Å². The van der Waals surface area contributed by atoms with Crippen molar-refractivity contribution in [2.75, 3.05) is 34.4 Å². The van der Waals surface area contributed by atoms with Gasteiger partial charge in [0.05, 0.1) is 34.2 Å². The number of carbonyl (C=O) groups is 2. The molecule has 0 bridgehead atoms. The van der Waals surface area contributed by atoms with Gasteiger partial charge in [0.25, 0.3) is 0 Å². The SMILES string of the molecule is COC(=O)CCN(CCc1ccc(OC)c(OC)c1)C(=O)Cc1ccccc1. The molecule has 0 spiro atoms. The fourth-order valence-electron chi connectivity index (χ4n) is 2.87. The van der Waals surface area contributed by atoms with Crippen molar-refractivity contribution in [2.45, 2.75) is 19.3 Å². The third-order valence-corrected chi connectivity index (χ3v) is 4.48. The fraction of sp³-hybridized carbons (Fsp3) is 0.364. The van der Waals surface area contributed by atoms with Gasteiger partial charge in [-0.3, -0.25) is 9.59 Å². The Morgan fingerprint density at radius 3 is 2.21 bits per heavy atom. The Hall–Kier alpha value is -3.02. The van der Waals surface area contributed by atoms with E-state index < -0.39 is 0 Å². The summed E-state index contributed by atoms with van der Waals surface area (Å²) in [7, 11) is 4.53. The van der Waals surface area contributed by atoms with Crippen molar-refractivity contribution in [3.63, 3.8) is 0 Å². The van der Waals surface area contributed by atoms with Crippen LogP contribution in [0.25, 0.3) is 0 Å². The molecule has 0 heterocycles. The lowest BCUT2D eigenvalue weighted by atomic mass is 10.1. The highest BCUT2D eigenvalue weighted by molar-refractivity contribution is 5.79. The molecule has 0 saturated carbocycles. The smallest absolute Gasteiger partial charge is 0.307 e. The molecule has 0 fully saturated rings. The van der Waals surface area contributed by atoms with Crippen molar-refractivity contribution >= 4 is 11.9 Å². The maximum absolute atomic E-state index is 12.8. The molecule has 0 N–H and O–H groups in total. The Balaban J connectivity index is 2.06. The van der Waals surface area contributed by atoms with Gasteiger partial charge >= 0.3 is 5.97 Å². The molecule has 2 rings (SSSR count). The topological polar surface area (TPSA) is 65.1 Å². The molecular weight excluding hydrogens is 358 g/mol. The van der Waals surface area contributed by atoms with Crippen LogP contribution in [0.1, 0.15) is 17.5 Å². The van der Waals surface area contributed by atoms with Gasteiger partial charge in [0.2, 0.25) is 5.91 Å². The molecule has 2 aromatic rings. The highest BCUT2D eigenvalue weighted by atomic mass is 16.5. The summed E-state index contributed by atoms with van der Waals surface area (Å²) in [6, 6.07) is 15.3. The lowest BCUT2D eigenvalue weighted by molar-refractivity contribution is -0.141. The Morgan fingerprint density at radius 1 is 0.857 bits per heavy atom. The number of nitrogens with zero attached hydrogens (tertiary/aromatic N) is 1. The number of ether oxygens (including phenoxy) is 3. The summed E-state index contributed by atoms with van der Waals surface area (Å²) < 4.78 is 15.3. The normalized spacial score (nSPS) is 10.2. The first kappa shape index (κ1) is 21.3. The van der Waals surface area contributed by atoms with E-state index in [0.29, 0.717) is 37.4 Å². The van der Waals surface area contributed by atoms with Crippen molar-refractivity contribution in [2.24, 2.45) is 0 Å². The maximum Gasteiger partial charge on any atom is 0.307 e. The molecule has 0 unspecified atom stereocenters. The highest BCUT2D eigenvalue weighted by Gasteiger charge is 2.16. The minimum absolute atomic E-state index is 0.0180. The average molecular weight is 385 g/mol. The minimum Gasteiger partial charge on any atom is -0.493 e. The zero-order valence-corrected chi connectivity index (χ0v) is 16.6. The zero-order valence-electron chi connectivity index (χ0n) is 16.6. The van der Waals surface area contributed by atoms with E-state index in [1.807, 2.05) is 48.5 Å². The second-order valence-corrected chi connectivity index (χ2v) is 6.31. The molecular formula is C22H27NO5. The monoisotopic (exact) mass is 385 g/mol. The Morgan fingerprint density at radius 2 is 1.57 bits per heavy atom. The molecule has 0 radical (unpaired) electrons. The van der Waals surface area contributed by atoms with E-state index in [0.717, 1.165) is 11.1 Å². The second kappa shape index (κ2) is 11.0. The van der Waals surface area contributed by atoms with Crippen LogP contribution in [0.5, 0.6) is 11.5 Å². The third-order valence-electron chi connectivity index (χ3n) is 4.48. The van der Waals surface area contributed by atoms with Gasteiger partial charge in [-0.25, -0.2) is 0 Å².